The first-order valence-corrected chi connectivity index (χ1v) is 50.1. The summed E-state index contributed by atoms with van der Waals surface area (Å²) in [6, 6.07) is 109. The third-order valence-electron chi connectivity index (χ3n) is 34.1. The van der Waals surface area contributed by atoms with Crippen molar-refractivity contribution in [2.45, 2.75) is 234 Å². The SMILES string of the molecule is CC(C)(C)c1ccc(N(c2ccc(C(C)(C)C)cc2)c2cc3c4c(c2)-n2c5c(c6cc(C(C)(C)Cc7ccc(N(c8ccccc8)c8cc9c%10c(c8)-n8c%11c(c%12cc(C(C)(C)C)cc(c%128)B%10c8cc(C(C)(C)C)cc%10c%12c(n-9c8%10)-c8ccccc8C%12(C)C)C(C)(C)c8ccccc8-%11)cc7)cc(c62)B4c2cc(C(C)(C)C)cc4c6c(n-3c24)-c2ccccc2C6(C)C)C(C)(C)c2ccccc2-5)cc1. The molecule has 4 aliphatic carbocycles. The van der Waals surface area contributed by atoms with Crippen LogP contribution in [0.1, 0.15) is 257 Å². The highest BCUT2D eigenvalue weighted by atomic mass is 15.2. The second kappa shape index (κ2) is 26.8. The lowest BCUT2D eigenvalue weighted by atomic mass is 9.33. The topological polar surface area (TPSA) is 26.2 Å². The molecule has 18 aromatic rings. The molecule has 0 radical (unpaired) electrons. The molecule has 14 aromatic carbocycles. The van der Waals surface area contributed by atoms with Gasteiger partial charge in [0.15, 0.2) is 0 Å². The lowest BCUT2D eigenvalue weighted by molar-refractivity contribution is 0.523. The maximum atomic E-state index is 2.80. The van der Waals surface area contributed by atoms with Gasteiger partial charge in [-0.05, 0) is 252 Å². The Hall–Kier alpha value is -13.0. The molecule has 8 heterocycles. The Labute approximate surface area is 804 Å². The van der Waals surface area contributed by atoms with Gasteiger partial charge in [-0.3, -0.25) is 0 Å². The van der Waals surface area contributed by atoms with E-state index in [4.69, 9.17) is 0 Å². The second-order valence-corrected chi connectivity index (χ2v) is 49.5. The minimum atomic E-state index is -0.378. The number of hydrogen-bond acceptors (Lipinski definition) is 2. The first-order valence-electron chi connectivity index (χ1n) is 50.1. The molecule has 0 unspecified atom stereocenters. The molecule has 0 N–H and O–H groups in total. The van der Waals surface area contributed by atoms with Crippen molar-refractivity contribution >= 4 is 124 Å². The molecule has 4 aromatic heterocycles. The largest absolute Gasteiger partial charge is 0.310 e. The highest BCUT2D eigenvalue weighted by molar-refractivity contribution is 7.01. The van der Waals surface area contributed by atoms with Gasteiger partial charge in [-0.15, -0.1) is 0 Å². The van der Waals surface area contributed by atoms with Crippen molar-refractivity contribution in [3.63, 3.8) is 0 Å². The predicted molar refractivity (Wildman–Crippen MR) is 579 cm³/mol. The number of rotatable bonds is 9. The summed E-state index contributed by atoms with van der Waals surface area (Å²) in [6.07, 6.45) is 0.805. The predicted octanol–water partition coefficient (Wildman–Crippen LogP) is 28.9. The van der Waals surface area contributed by atoms with Gasteiger partial charge in [0.25, 0.3) is 13.4 Å². The van der Waals surface area contributed by atoms with Crippen LogP contribution in [0.2, 0.25) is 0 Å². The highest BCUT2D eigenvalue weighted by Crippen LogP contribution is 2.62. The van der Waals surface area contributed by atoms with E-state index in [1.807, 2.05) is 0 Å². The lowest BCUT2D eigenvalue weighted by Gasteiger charge is -2.38. The number of aromatic nitrogens is 4. The van der Waals surface area contributed by atoms with Gasteiger partial charge in [0.2, 0.25) is 0 Å². The Morgan fingerprint density at radius 3 is 0.765 bits per heavy atom. The van der Waals surface area contributed by atoms with Crippen LogP contribution in [0.5, 0.6) is 0 Å². The summed E-state index contributed by atoms with van der Waals surface area (Å²) in [5, 5.41) is 5.45. The smallest absolute Gasteiger partial charge is 0.252 e. The van der Waals surface area contributed by atoms with Crippen molar-refractivity contribution < 1.29 is 0 Å². The maximum absolute atomic E-state index is 2.80. The Balaban J connectivity index is 0.689. The number of fused-ring (bicyclic) bond motifs is 28. The zero-order chi connectivity index (χ0) is 94.3. The minimum Gasteiger partial charge on any atom is -0.310 e. The summed E-state index contributed by atoms with van der Waals surface area (Å²) < 4.78 is 11.2. The summed E-state index contributed by atoms with van der Waals surface area (Å²) in [5.74, 6) is 0. The van der Waals surface area contributed by atoms with Gasteiger partial charge in [-0.1, -0.05) is 349 Å². The monoisotopic (exact) mass is 1760 g/mol. The van der Waals surface area contributed by atoms with E-state index < -0.39 is 0 Å². The first-order chi connectivity index (χ1) is 64.4. The molecule has 8 heteroatoms. The van der Waals surface area contributed by atoms with Gasteiger partial charge in [-0.2, -0.15) is 0 Å². The molecule has 0 amide bonds. The molecule has 0 bridgehead atoms. The van der Waals surface area contributed by atoms with Gasteiger partial charge >= 0.3 is 0 Å². The van der Waals surface area contributed by atoms with Crippen LogP contribution in [0, 0.1) is 0 Å². The van der Waals surface area contributed by atoms with Crippen LogP contribution < -0.4 is 42.6 Å². The summed E-state index contributed by atoms with van der Waals surface area (Å²) in [5.41, 5.74) is 54.5. The molecule has 136 heavy (non-hydrogen) atoms. The van der Waals surface area contributed by atoms with Crippen LogP contribution >= 0.6 is 0 Å². The van der Waals surface area contributed by atoms with E-state index in [0.29, 0.717) is 0 Å². The normalized spacial score (nSPS) is 15.8. The Bertz CT molecular complexity index is 8140. The number of para-hydroxylation sites is 1. The Morgan fingerprint density at radius 1 is 0.243 bits per heavy atom. The van der Waals surface area contributed by atoms with Gasteiger partial charge in [0.05, 0.1) is 34.2 Å². The molecule has 670 valence electrons. The number of anilines is 6. The van der Waals surface area contributed by atoms with E-state index in [1.165, 1.54) is 228 Å². The summed E-state index contributed by atoms with van der Waals surface area (Å²) in [6.45, 7) is 60.7. The van der Waals surface area contributed by atoms with E-state index in [2.05, 4.69) is 474 Å². The van der Waals surface area contributed by atoms with Crippen molar-refractivity contribution in [3.05, 3.63) is 356 Å². The van der Waals surface area contributed by atoms with E-state index in [1.54, 1.807) is 0 Å². The molecule has 6 nitrogen and oxygen atoms in total. The van der Waals surface area contributed by atoms with E-state index >= 15 is 0 Å². The number of benzene rings is 14. The van der Waals surface area contributed by atoms with Crippen molar-refractivity contribution in [1.82, 2.24) is 18.3 Å². The van der Waals surface area contributed by atoms with Gasteiger partial charge in [0.1, 0.15) is 0 Å². The third-order valence-corrected chi connectivity index (χ3v) is 34.1. The van der Waals surface area contributed by atoms with Crippen molar-refractivity contribution in [2.24, 2.45) is 0 Å². The fraction of sp³-hybridized carbons (Fsp3) is 0.281. The van der Waals surface area contributed by atoms with E-state index in [0.717, 1.165) is 40.5 Å². The molecule has 0 fully saturated rings. The molecular weight excluding hydrogens is 1640 g/mol. The lowest BCUT2D eigenvalue weighted by Crippen LogP contribution is -2.60. The number of hydrogen-bond donors (Lipinski definition) is 0. The second-order valence-electron chi connectivity index (χ2n) is 49.5. The van der Waals surface area contributed by atoms with Crippen molar-refractivity contribution in [3.8, 4) is 67.8 Å². The maximum Gasteiger partial charge on any atom is 0.252 e. The minimum absolute atomic E-state index is 0.0297. The fourth-order valence-corrected chi connectivity index (χ4v) is 27.2. The molecule has 8 aliphatic rings. The van der Waals surface area contributed by atoms with Crippen LogP contribution in [0.4, 0.5) is 34.1 Å². The summed E-state index contributed by atoms with van der Waals surface area (Å²) in [4.78, 5) is 5.15. The average molecular weight is 1770 g/mol. The van der Waals surface area contributed by atoms with Crippen LogP contribution in [0.15, 0.2) is 273 Å². The third kappa shape index (κ3) is 11.0. The highest BCUT2D eigenvalue weighted by Gasteiger charge is 2.54. The van der Waals surface area contributed by atoms with Crippen LogP contribution in [-0.4, -0.2) is 31.7 Å². The van der Waals surface area contributed by atoms with Gasteiger partial charge in [0, 0.05) is 133 Å². The molecule has 0 saturated heterocycles. The summed E-state index contributed by atoms with van der Waals surface area (Å²) in [7, 11) is 0. The molecule has 0 spiro atoms. The standard InChI is InChI=1S/C128H122B2N6/c1-119(2,3)73-49-55-81(56-50-73)132(82-57-51-74(52-58-82)120(4,5)6)84-69-103-110-104(70-84)136-114-92(108-118(136)88-42-32-36-46-96(88)128(108,24)25)62-78(66-100(114)130(110)99-65-77(123(13,14)15)61-91-107-117(135(103)113(91)99)87-41-31-35-45-95(87)127(107,22)23)124(16,17)71-72-47-53-80(54-48-72)131(79-37-27-26-28-38-79)83-67-101-109-102(68-83)134-112-90(106-116(134)86-40-30-34-44-94(86)126(106,20)21)60-76(122(10,11)12)64-98(112)129(109)97-63-75(121(7,8)9)59-89-105-115(133(101)111(89)97)85-39-29-33-43-93(85)125(105,18)19/h26-70H,71H2,1-25H3. The van der Waals surface area contributed by atoms with Gasteiger partial charge in [-0.25, -0.2) is 0 Å². The number of nitrogens with zero attached hydrogens (tertiary/aromatic N) is 6. The van der Waals surface area contributed by atoms with Crippen molar-refractivity contribution in [1.29, 1.82) is 0 Å². The molecule has 0 atom stereocenters. The molecule has 4 aliphatic heterocycles. The van der Waals surface area contributed by atoms with E-state index in [9.17, 15) is 0 Å². The average Bonchev–Trinajstić information content (AvgIpc) is 1.48. The van der Waals surface area contributed by atoms with Crippen LogP contribution in [0.3, 0.4) is 0 Å². The van der Waals surface area contributed by atoms with Gasteiger partial charge < -0.3 is 28.1 Å². The molecular formula is C128H122B2N6. The molecule has 0 saturated carbocycles. The Morgan fingerprint density at radius 2 is 0.485 bits per heavy atom. The zero-order valence-corrected chi connectivity index (χ0v) is 84.0. The van der Waals surface area contributed by atoms with Crippen LogP contribution in [-0.2, 0) is 60.6 Å². The summed E-state index contributed by atoms with van der Waals surface area (Å²) >= 11 is 0. The first kappa shape index (κ1) is 83.6. The Kier molecular flexibility index (Phi) is 16.5. The zero-order valence-electron chi connectivity index (χ0n) is 84.0. The van der Waals surface area contributed by atoms with Crippen molar-refractivity contribution in [2.75, 3.05) is 9.80 Å². The fourth-order valence-electron chi connectivity index (χ4n) is 27.2. The van der Waals surface area contributed by atoms with Crippen LogP contribution in [0.25, 0.3) is 111 Å². The molecule has 26 rings (SSSR count). The van der Waals surface area contributed by atoms with E-state index in [-0.39, 0.29) is 67.6 Å². The quantitative estimate of drug-likeness (QED) is 0.135.